The molecule has 0 spiro atoms. The van der Waals surface area contributed by atoms with Crippen LogP contribution >= 0.6 is 11.6 Å². The Hall–Kier alpha value is -3.70. The molecule has 5 nitrogen and oxygen atoms in total. The van der Waals surface area contributed by atoms with Crippen molar-refractivity contribution in [2.75, 3.05) is 0 Å². The van der Waals surface area contributed by atoms with E-state index in [1.165, 1.54) is 11.1 Å². The average Bonchev–Trinajstić information content (AvgIpc) is 3.40. The maximum Gasteiger partial charge on any atom is 0.255 e. The molecule has 6 rings (SSSR count). The number of aryl methyl sites for hydroxylation is 2. The smallest absolute Gasteiger partial charge is 0.255 e. The van der Waals surface area contributed by atoms with Crippen LogP contribution in [-0.2, 0) is 19.4 Å². The highest BCUT2D eigenvalue weighted by atomic mass is 35.5. The summed E-state index contributed by atoms with van der Waals surface area (Å²) in [5, 5.41) is 2.33. The zero-order chi connectivity index (χ0) is 23.4. The third-order valence-electron chi connectivity index (χ3n) is 6.78. The minimum Gasteiger partial charge on any atom is -0.333 e. The Labute approximate surface area is 201 Å². The van der Waals surface area contributed by atoms with E-state index in [0.717, 1.165) is 46.6 Å². The lowest BCUT2D eigenvalue weighted by atomic mass is 9.99. The fourth-order valence-electron chi connectivity index (χ4n) is 5.26. The molecule has 1 N–H and O–H groups in total. The number of halogens is 1. The van der Waals surface area contributed by atoms with Crippen LogP contribution in [0, 0.1) is 0 Å². The SMILES string of the molecule is CC(=O)c1c(-c2ccc[nH]c2=O)c2cc3c(cc2n1Cc1cc2ccccc2nc1Cl)CCC3. The zero-order valence-electron chi connectivity index (χ0n) is 18.7. The van der Waals surface area contributed by atoms with E-state index >= 15 is 0 Å². The molecule has 3 aromatic heterocycles. The predicted octanol–water partition coefficient (Wildman–Crippen LogP) is 5.94. The van der Waals surface area contributed by atoms with Crippen LogP contribution in [0.25, 0.3) is 32.9 Å². The van der Waals surface area contributed by atoms with Gasteiger partial charge in [-0.2, -0.15) is 0 Å². The van der Waals surface area contributed by atoms with Gasteiger partial charge in [-0.25, -0.2) is 4.98 Å². The molecule has 1 aliphatic rings. The second-order valence-corrected chi connectivity index (χ2v) is 9.26. The van der Waals surface area contributed by atoms with Gasteiger partial charge < -0.3 is 9.55 Å². The monoisotopic (exact) mass is 467 g/mol. The molecule has 0 saturated heterocycles. The lowest BCUT2D eigenvalue weighted by molar-refractivity contribution is 0.101. The number of carbonyl (C=O) groups excluding carboxylic acids is 1. The molecule has 168 valence electrons. The number of hydrogen-bond donors (Lipinski definition) is 1. The third kappa shape index (κ3) is 3.27. The largest absolute Gasteiger partial charge is 0.333 e. The Kier molecular flexibility index (Phi) is 4.89. The first-order valence-electron chi connectivity index (χ1n) is 11.4. The number of pyridine rings is 2. The van der Waals surface area contributed by atoms with E-state index in [0.29, 0.717) is 28.5 Å². The Morgan fingerprint density at radius 1 is 1.09 bits per heavy atom. The summed E-state index contributed by atoms with van der Waals surface area (Å²) in [5.74, 6) is -0.0977. The van der Waals surface area contributed by atoms with Crippen molar-refractivity contribution in [1.29, 1.82) is 0 Å². The Morgan fingerprint density at radius 3 is 2.68 bits per heavy atom. The fourth-order valence-corrected chi connectivity index (χ4v) is 5.46. The molecule has 0 aliphatic heterocycles. The van der Waals surface area contributed by atoms with Crippen molar-refractivity contribution < 1.29 is 4.79 Å². The van der Waals surface area contributed by atoms with Gasteiger partial charge in [0.1, 0.15) is 5.15 Å². The number of aromatic amines is 1. The van der Waals surface area contributed by atoms with E-state index in [2.05, 4.69) is 22.1 Å². The molecule has 6 heteroatoms. The first-order valence-corrected chi connectivity index (χ1v) is 11.8. The van der Waals surface area contributed by atoms with Gasteiger partial charge in [0.25, 0.3) is 5.56 Å². The van der Waals surface area contributed by atoms with E-state index in [1.54, 1.807) is 25.3 Å². The topological polar surface area (TPSA) is 67.8 Å². The molecule has 0 saturated carbocycles. The number of rotatable bonds is 4. The molecule has 34 heavy (non-hydrogen) atoms. The molecule has 0 bridgehead atoms. The summed E-state index contributed by atoms with van der Waals surface area (Å²) in [6, 6.07) is 17.8. The number of Topliss-reactive ketones (excluding diaryl/α,β-unsaturated/α-hetero) is 1. The van der Waals surface area contributed by atoms with E-state index in [9.17, 15) is 9.59 Å². The van der Waals surface area contributed by atoms with Gasteiger partial charge in [-0.15, -0.1) is 0 Å². The minimum atomic E-state index is -0.213. The van der Waals surface area contributed by atoms with Crippen LogP contribution in [0.1, 0.15) is 40.5 Å². The molecule has 0 amide bonds. The standard InChI is InChI=1S/C28H22ClN3O2/c1-16(33)26-25(21-9-5-11-30-28(21)34)22-13-17-7-4-8-18(17)14-24(22)32(26)15-20-12-19-6-2-3-10-23(19)31-27(20)29/h2-3,5-6,9-14H,4,7-8,15H2,1H3,(H,30,34). The highest BCUT2D eigenvalue weighted by Gasteiger charge is 2.26. The summed E-state index contributed by atoms with van der Waals surface area (Å²) in [7, 11) is 0. The number of benzene rings is 2. The predicted molar refractivity (Wildman–Crippen MR) is 136 cm³/mol. The van der Waals surface area contributed by atoms with Crippen LogP contribution in [0.4, 0.5) is 0 Å². The summed E-state index contributed by atoms with van der Waals surface area (Å²) in [4.78, 5) is 33.3. The molecule has 0 fully saturated rings. The number of fused-ring (bicyclic) bond motifs is 3. The van der Waals surface area contributed by atoms with Gasteiger partial charge in [-0.05, 0) is 66.8 Å². The summed E-state index contributed by atoms with van der Waals surface area (Å²) >= 11 is 6.61. The number of H-pyrrole nitrogens is 1. The number of para-hydroxylation sites is 1. The van der Waals surface area contributed by atoms with Crippen LogP contribution in [-0.4, -0.2) is 20.3 Å². The molecule has 0 atom stereocenters. The lowest BCUT2D eigenvalue weighted by Crippen LogP contribution is -2.12. The number of aromatic nitrogens is 3. The second kappa shape index (κ2) is 7.96. The number of hydrogen-bond acceptors (Lipinski definition) is 3. The van der Waals surface area contributed by atoms with Crippen molar-refractivity contribution in [2.24, 2.45) is 0 Å². The van der Waals surface area contributed by atoms with Gasteiger partial charge in [0.2, 0.25) is 0 Å². The highest BCUT2D eigenvalue weighted by Crippen LogP contribution is 2.38. The fraction of sp³-hybridized carbons (Fsp3) is 0.179. The number of carbonyl (C=O) groups is 1. The molecule has 2 aromatic carbocycles. The van der Waals surface area contributed by atoms with Crippen molar-refractivity contribution in [3.05, 3.63) is 98.7 Å². The summed E-state index contributed by atoms with van der Waals surface area (Å²) in [5.41, 5.74) is 6.67. The maximum atomic E-state index is 13.1. The Morgan fingerprint density at radius 2 is 1.88 bits per heavy atom. The molecular formula is C28H22ClN3O2. The summed E-state index contributed by atoms with van der Waals surface area (Å²) in [6.45, 7) is 1.94. The Bertz CT molecular complexity index is 1680. The molecule has 0 unspecified atom stereocenters. The third-order valence-corrected chi connectivity index (χ3v) is 7.10. The molecule has 1 aliphatic carbocycles. The summed E-state index contributed by atoms with van der Waals surface area (Å²) < 4.78 is 2.01. The summed E-state index contributed by atoms with van der Waals surface area (Å²) in [6.07, 6.45) is 4.75. The molecule has 0 radical (unpaired) electrons. The lowest BCUT2D eigenvalue weighted by Gasteiger charge is -2.13. The maximum absolute atomic E-state index is 13.1. The van der Waals surface area contributed by atoms with Crippen LogP contribution in [0.3, 0.4) is 0 Å². The van der Waals surface area contributed by atoms with Gasteiger partial charge in [-0.3, -0.25) is 9.59 Å². The molecule has 5 aromatic rings. The van der Waals surface area contributed by atoms with Crippen LogP contribution in [0.15, 0.2) is 65.6 Å². The van der Waals surface area contributed by atoms with Gasteiger partial charge in [-0.1, -0.05) is 29.8 Å². The number of nitrogens with one attached hydrogen (secondary N) is 1. The first-order chi connectivity index (χ1) is 16.5. The van der Waals surface area contributed by atoms with Crippen molar-refractivity contribution in [1.82, 2.24) is 14.5 Å². The van der Waals surface area contributed by atoms with Crippen LogP contribution in [0.2, 0.25) is 5.15 Å². The van der Waals surface area contributed by atoms with E-state index in [-0.39, 0.29) is 11.3 Å². The minimum absolute atomic E-state index is 0.0977. The van der Waals surface area contributed by atoms with Crippen LogP contribution in [0.5, 0.6) is 0 Å². The Balaban J connectivity index is 1.66. The van der Waals surface area contributed by atoms with Gasteiger partial charge in [0.05, 0.1) is 17.8 Å². The van der Waals surface area contributed by atoms with E-state index in [1.807, 2.05) is 34.9 Å². The molecule has 3 heterocycles. The van der Waals surface area contributed by atoms with Crippen LogP contribution < -0.4 is 5.56 Å². The average molecular weight is 468 g/mol. The van der Waals surface area contributed by atoms with Gasteiger partial charge in [0, 0.05) is 46.1 Å². The van der Waals surface area contributed by atoms with E-state index < -0.39 is 0 Å². The zero-order valence-corrected chi connectivity index (χ0v) is 19.4. The quantitative estimate of drug-likeness (QED) is 0.263. The van der Waals surface area contributed by atoms with Crippen molar-refractivity contribution >= 4 is 39.2 Å². The van der Waals surface area contributed by atoms with E-state index in [4.69, 9.17) is 11.6 Å². The number of ketones is 1. The van der Waals surface area contributed by atoms with Crippen molar-refractivity contribution in [3.63, 3.8) is 0 Å². The highest BCUT2D eigenvalue weighted by molar-refractivity contribution is 6.30. The van der Waals surface area contributed by atoms with Gasteiger partial charge >= 0.3 is 0 Å². The molecular weight excluding hydrogens is 446 g/mol. The number of nitrogens with zero attached hydrogens (tertiary/aromatic N) is 2. The first kappa shape index (κ1) is 20.9. The second-order valence-electron chi connectivity index (χ2n) is 8.90. The van der Waals surface area contributed by atoms with Gasteiger partial charge in [0.15, 0.2) is 5.78 Å². The normalized spacial score (nSPS) is 13.0. The van der Waals surface area contributed by atoms with Crippen molar-refractivity contribution in [3.8, 4) is 11.1 Å². The van der Waals surface area contributed by atoms with Crippen molar-refractivity contribution in [2.45, 2.75) is 32.7 Å².